The molecular weight excluding hydrogens is 329 g/mol. The quantitative estimate of drug-likeness (QED) is 0.809. The predicted octanol–water partition coefficient (Wildman–Crippen LogP) is 4.15. The Morgan fingerprint density at radius 1 is 1.39 bits per heavy atom. The van der Waals surface area contributed by atoms with E-state index < -0.39 is 6.36 Å². The first-order chi connectivity index (χ1) is 10.8. The largest absolute Gasteiger partial charge is 0.573 e. The van der Waals surface area contributed by atoms with E-state index in [0.29, 0.717) is 0 Å². The average molecular weight is 349 g/mol. The van der Waals surface area contributed by atoms with Crippen molar-refractivity contribution in [3.8, 4) is 5.75 Å². The van der Waals surface area contributed by atoms with Gasteiger partial charge in [-0.2, -0.15) is 0 Å². The van der Waals surface area contributed by atoms with Crippen LogP contribution in [0.3, 0.4) is 0 Å². The summed E-state index contributed by atoms with van der Waals surface area (Å²) >= 11 is 5.98. The highest BCUT2D eigenvalue weighted by Crippen LogP contribution is 2.35. The number of halogens is 4. The van der Waals surface area contributed by atoms with Gasteiger partial charge in [-0.1, -0.05) is 23.2 Å². The van der Waals surface area contributed by atoms with Gasteiger partial charge in [0.05, 0.1) is 5.02 Å². The maximum atomic E-state index is 12.3. The van der Waals surface area contributed by atoms with Gasteiger partial charge in [-0.15, -0.1) is 19.8 Å². The van der Waals surface area contributed by atoms with Gasteiger partial charge in [-0.25, -0.2) is 0 Å². The second kappa shape index (κ2) is 7.55. The first kappa shape index (κ1) is 18.1. The lowest BCUT2D eigenvalue weighted by Crippen LogP contribution is -2.45. The zero-order chi connectivity index (χ0) is 17.0. The molecule has 1 aliphatic rings. The molecule has 0 radical (unpaired) electrons. The van der Waals surface area contributed by atoms with Crippen LogP contribution in [0.5, 0.6) is 5.75 Å². The van der Waals surface area contributed by atoms with Crippen LogP contribution < -0.4 is 10.1 Å². The molecular formula is C16H20ClF3N2O. The van der Waals surface area contributed by atoms with Crippen LogP contribution in [-0.4, -0.2) is 37.4 Å². The summed E-state index contributed by atoms with van der Waals surface area (Å²) < 4.78 is 40.9. The van der Waals surface area contributed by atoms with E-state index in [9.17, 15) is 13.2 Å². The van der Waals surface area contributed by atoms with Crippen molar-refractivity contribution in [2.24, 2.45) is 0 Å². The number of benzene rings is 1. The molecule has 1 N–H and O–H groups in total. The Morgan fingerprint density at radius 2 is 2.04 bits per heavy atom. The maximum absolute atomic E-state index is 12.3. The van der Waals surface area contributed by atoms with Gasteiger partial charge in [0, 0.05) is 32.2 Å². The summed E-state index contributed by atoms with van der Waals surface area (Å²) in [6, 6.07) is 4.52. The van der Waals surface area contributed by atoms with Crippen molar-refractivity contribution in [1.29, 1.82) is 0 Å². The van der Waals surface area contributed by atoms with Crippen LogP contribution in [0.1, 0.15) is 24.9 Å². The van der Waals surface area contributed by atoms with E-state index in [4.69, 9.17) is 11.6 Å². The van der Waals surface area contributed by atoms with E-state index in [2.05, 4.69) is 21.5 Å². The normalized spacial score (nSPS) is 17.8. The fourth-order valence-corrected chi connectivity index (χ4v) is 2.94. The molecule has 1 heterocycles. The van der Waals surface area contributed by atoms with E-state index in [-0.39, 0.29) is 16.8 Å². The Hall–Kier alpha value is -1.24. The molecule has 2 rings (SSSR count). The highest BCUT2D eigenvalue weighted by molar-refractivity contribution is 6.32. The Bertz CT molecular complexity index is 557. The number of nitrogens with zero attached hydrogens (tertiary/aromatic N) is 1. The van der Waals surface area contributed by atoms with Crippen LogP contribution in [-0.2, 0) is 0 Å². The van der Waals surface area contributed by atoms with Crippen LogP contribution in [0.2, 0.25) is 5.02 Å². The Morgan fingerprint density at radius 3 is 2.57 bits per heavy atom. The molecule has 1 aromatic carbocycles. The van der Waals surface area contributed by atoms with Crippen LogP contribution in [0.15, 0.2) is 30.4 Å². The third kappa shape index (κ3) is 5.41. The van der Waals surface area contributed by atoms with Gasteiger partial charge in [-0.3, -0.25) is 4.90 Å². The van der Waals surface area contributed by atoms with Gasteiger partial charge in [0.1, 0.15) is 5.75 Å². The fourth-order valence-electron chi connectivity index (χ4n) is 2.71. The Labute approximate surface area is 139 Å². The summed E-state index contributed by atoms with van der Waals surface area (Å²) in [7, 11) is 0. The van der Waals surface area contributed by atoms with Crippen molar-refractivity contribution in [3.63, 3.8) is 0 Å². The number of rotatable bonds is 5. The van der Waals surface area contributed by atoms with Crippen LogP contribution in [0.25, 0.3) is 0 Å². The summed E-state index contributed by atoms with van der Waals surface area (Å²) in [5.41, 5.74) is 1.88. The molecule has 0 aromatic heterocycles. The maximum Gasteiger partial charge on any atom is 0.573 e. The number of alkyl halides is 3. The van der Waals surface area contributed by atoms with E-state index in [1.807, 2.05) is 6.92 Å². The Kier molecular flexibility index (Phi) is 5.95. The van der Waals surface area contributed by atoms with Gasteiger partial charge in [0.2, 0.25) is 0 Å². The number of piperazine rings is 1. The van der Waals surface area contributed by atoms with Gasteiger partial charge in [-0.05, 0) is 31.0 Å². The van der Waals surface area contributed by atoms with Crippen LogP contribution in [0.4, 0.5) is 13.2 Å². The predicted molar refractivity (Wildman–Crippen MR) is 84.7 cm³/mol. The van der Waals surface area contributed by atoms with Crippen molar-refractivity contribution >= 4 is 11.6 Å². The molecule has 128 valence electrons. The van der Waals surface area contributed by atoms with Gasteiger partial charge >= 0.3 is 6.36 Å². The number of ether oxygens (including phenoxy) is 1. The summed E-state index contributed by atoms with van der Waals surface area (Å²) in [6.07, 6.45) is -4.02. The molecule has 0 spiro atoms. The van der Waals surface area contributed by atoms with E-state index in [0.717, 1.165) is 43.7 Å². The summed E-state index contributed by atoms with van der Waals surface area (Å²) in [4.78, 5) is 2.29. The minimum atomic E-state index is -4.75. The fraction of sp³-hybridized carbons (Fsp3) is 0.500. The lowest BCUT2D eigenvalue weighted by Gasteiger charge is -2.35. The minimum Gasteiger partial charge on any atom is -0.404 e. The van der Waals surface area contributed by atoms with Crippen molar-refractivity contribution < 1.29 is 17.9 Å². The van der Waals surface area contributed by atoms with Gasteiger partial charge < -0.3 is 10.1 Å². The minimum absolute atomic E-state index is 0.0401. The SMILES string of the molecule is C=C(C)C[C@@H](c1ccc(OC(F)(F)F)c(Cl)c1)N1CCNCC1. The molecule has 0 amide bonds. The van der Waals surface area contributed by atoms with E-state index in [1.165, 1.54) is 6.07 Å². The zero-order valence-corrected chi connectivity index (χ0v) is 13.7. The monoisotopic (exact) mass is 348 g/mol. The molecule has 1 aliphatic heterocycles. The second-order valence-electron chi connectivity index (χ2n) is 5.70. The lowest BCUT2D eigenvalue weighted by atomic mass is 9.98. The molecule has 0 unspecified atom stereocenters. The first-order valence-electron chi connectivity index (χ1n) is 7.40. The average Bonchev–Trinajstić information content (AvgIpc) is 2.46. The Balaban J connectivity index is 2.24. The van der Waals surface area contributed by atoms with E-state index in [1.54, 1.807) is 12.1 Å². The summed E-state index contributed by atoms with van der Waals surface area (Å²) in [5.74, 6) is -0.377. The standard InChI is InChI=1S/C16H20ClF3N2O/c1-11(2)9-14(22-7-5-21-6-8-22)12-3-4-15(13(17)10-12)23-16(18,19)20/h3-4,10,14,21H,1,5-9H2,2H3/t14-/m0/s1. The first-order valence-corrected chi connectivity index (χ1v) is 7.78. The van der Waals surface area contributed by atoms with Crippen molar-refractivity contribution in [3.05, 3.63) is 40.9 Å². The van der Waals surface area contributed by atoms with Crippen LogP contribution in [0, 0.1) is 0 Å². The van der Waals surface area contributed by atoms with Gasteiger partial charge in [0.25, 0.3) is 0 Å². The molecule has 0 saturated carbocycles. The van der Waals surface area contributed by atoms with Crippen molar-refractivity contribution in [2.75, 3.05) is 26.2 Å². The number of hydrogen-bond donors (Lipinski definition) is 1. The highest BCUT2D eigenvalue weighted by atomic mass is 35.5. The van der Waals surface area contributed by atoms with Crippen molar-refractivity contribution in [2.45, 2.75) is 25.7 Å². The van der Waals surface area contributed by atoms with Crippen molar-refractivity contribution in [1.82, 2.24) is 10.2 Å². The van der Waals surface area contributed by atoms with Gasteiger partial charge in [0.15, 0.2) is 0 Å². The molecule has 1 atom stereocenters. The summed E-state index contributed by atoms with van der Waals surface area (Å²) in [5, 5.41) is 3.25. The molecule has 1 fully saturated rings. The molecule has 0 aliphatic carbocycles. The smallest absolute Gasteiger partial charge is 0.404 e. The number of hydrogen-bond acceptors (Lipinski definition) is 3. The zero-order valence-electron chi connectivity index (χ0n) is 12.9. The third-order valence-corrected chi connectivity index (χ3v) is 4.00. The highest BCUT2D eigenvalue weighted by Gasteiger charge is 2.32. The van der Waals surface area contributed by atoms with Crippen LogP contribution >= 0.6 is 11.6 Å². The lowest BCUT2D eigenvalue weighted by molar-refractivity contribution is -0.274. The molecule has 0 bridgehead atoms. The molecule has 1 saturated heterocycles. The second-order valence-corrected chi connectivity index (χ2v) is 6.11. The third-order valence-electron chi connectivity index (χ3n) is 3.70. The molecule has 7 heteroatoms. The molecule has 23 heavy (non-hydrogen) atoms. The topological polar surface area (TPSA) is 24.5 Å². The summed E-state index contributed by atoms with van der Waals surface area (Å²) in [6.45, 7) is 9.41. The number of nitrogens with one attached hydrogen (secondary N) is 1. The molecule has 3 nitrogen and oxygen atoms in total. The molecule has 1 aromatic rings. The van der Waals surface area contributed by atoms with E-state index >= 15 is 0 Å².